The summed E-state index contributed by atoms with van der Waals surface area (Å²) in [5, 5.41) is 16.8. The van der Waals surface area contributed by atoms with Gasteiger partial charge in [-0.2, -0.15) is 0 Å². The summed E-state index contributed by atoms with van der Waals surface area (Å²) in [6.07, 6.45) is 4.71. The van der Waals surface area contributed by atoms with E-state index < -0.39 is 16.1 Å². The fourth-order valence-electron chi connectivity index (χ4n) is 3.05. The Kier molecular flexibility index (Phi) is 8.46. The number of hydrogen-bond acceptors (Lipinski definition) is 5. The maximum Gasteiger partial charge on any atom is 0.214 e. The topological polar surface area (TPSA) is 107 Å². The summed E-state index contributed by atoms with van der Waals surface area (Å²) in [5.41, 5.74) is 0.777. The average molecular weight is 398 g/mol. The third kappa shape index (κ3) is 6.75. The van der Waals surface area contributed by atoms with Gasteiger partial charge in [-0.15, -0.1) is 0 Å². The Labute approximate surface area is 162 Å². The largest absolute Gasteiger partial charge is 0.386 e. The number of pyridine rings is 1. The van der Waals surface area contributed by atoms with Crippen molar-refractivity contribution in [3.05, 3.63) is 30.1 Å². The Hall–Kier alpha value is -1.71. The van der Waals surface area contributed by atoms with Gasteiger partial charge in [-0.3, -0.25) is 9.98 Å². The zero-order valence-corrected chi connectivity index (χ0v) is 17.0. The van der Waals surface area contributed by atoms with Crippen molar-refractivity contribution in [1.29, 1.82) is 0 Å². The zero-order chi connectivity index (χ0) is 19.7. The summed E-state index contributed by atoms with van der Waals surface area (Å²) in [6.45, 7) is 5.86. The molecule has 1 unspecified atom stereocenters. The van der Waals surface area contributed by atoms with Crippen LogP contribution in [0, 0.1) is 0 Å². The van der Waals surface area contributed by atoms with Gasteiger partial charge in [0.2, 0.25) is 10.0 Å². The fourth-order valence-corrected chi connectivity index (χ4v) is 4.59. The van der Waals surface area contributed by atoms with Crippen molar-refractivity contribution in [2.75, 3.05) is 31.9 Å². The van der Waals surface area contributed by atoms with Crippen LogP contribution in [0.25, 0.3) is 0 Å². The first-order chi connectivity index (χ1) is 13.0. The minimum atomic E-state index is -3.13. The number of aliphatic hydroxyl groups excluding tert-OH is 1. The van der Waals surface area contributed by atoms with E-state index in [1.165, 1.54) is 0 Å². The minimum Gasteiger partial charge on any atom is -0.386 e. The Morgan fingerprint density at radius 3 is 2.59 bits per heavy atom. The minimum absolute atomic E-state index is 0.161. The number of piperidine rings is 1. The van der Waals surface area contributed by atoms with Crippen LogP contribution in [-0.4, -0.2) is 66.7 Å². The Bertz CT molecular complexity index is 688. The highest BCUT2D eigenvalue weighted by molar-refractivity contribution is 7.89. The van der Waals surface area contributed by atoms with Crippen LogP contribution in [0.2, 0.25) is 0 Å². The lowest BCUT2D eigenvalue weighted by Crippen LogP contribution is -2.50. The molecule has 1 aliphatic heterocycles. The number of aromatic nitrogens is 1. The Morgan fingerprint density at radius 1 is 1.33 bits per heavy atom. The van der Waals surface area contributed by atoms with E-state index in [0.717, 1.165) is 18.4 Å². The average Bonchev–Trinajstić information content (AvgIpc) is 2.67. The van der Waals surface area contributed by atoms with Gasteiger partial charge < -0.3 is 15.7 Å². The van der Waals surface area contributed by atoms with E-state index in [2.05, 4.69) is 20.6 Å². The molecule has 0 radical (unpaired) electrons. The van der Waals surface area contributed by atoms with Crippen molar-refractivity contribution in [3.63, 3.8) is 0 Å². The maximum atomic E-state index is 12.2. The lowest BCUT2D eigenvalue weighted by Gasteiger charge is -2.32. The molecule has 1 aliphatic rings. The van der Waals surface area contributed by atoms with Gasteiger partial charge in [-0.05, 0) is 43.9 Å². The molecule has 3 N–H and O–H groups in total. The number of nitrogens with one attached hydrogen (secondary N) is 2. The molecule has 27 heavy (non-hydrogen) atoms. The summed E-state index contributed by atoms with van der Waals surface area (Å²) in [7, 11) is -3.13. The fraction of sp³-hybridized carbons (Fsp3) is 0.667. The quantitative estimate of drug-likeness (QED) is 0.444. The molecule has 152 valence electrons. The summed E-state index contributed by atoms with van der Waals surface area (Å²) >= 11 is 0. The molecule has 0 spiro atoms. The first kappa shape index (κ1) is 21.6. The number of aliphatic hydroxyl groups is 1. The molecule has 1 aromatic heterocycles. The smallest absolute Gasteiger partial charge is 0.214 e. The van der Waals surface area contributed by atoms with Gasteiger partial charge in [0.15, 0.2) is 5.96 Å². The van der Waals surface area contributed by atoms with Crippen molar-refractivity contribution >= 4 is 16.0 Å². The van der Waals surface area contributed by atoms with Crippen LogP contribution in [0.4, 0.5) is 0 Å². The Balaban J connectivity index is 1.89. The van der Waals surface area contributed by atoms with Crippen LogP contribution in [-0.2, 0) is 10.0 Å². The van der Waals surface area contributed by atoms with Crippen LogP contribution in [0.15, 0.2) is 29.5 Å². The highest BCUT2D eigenvalue weighted by atomic mass is 32.2. The van der Waals surface area contributed by atoms with Crippen LogP contribution in [0.3, 0.4) is 0 Å². The number of nitrogens with zero attached hydrogens (tertiary/aromatic N) is 3. The maximum absolute atomic E-state index is 12.2. The normalized spacial score (nSPS) is 18.3. The van der Waals surface area contributed by atoms with Crippen molar-refractivity contribution in [2.24, 2.45) is 4.99 Å². The highest BCUT2D eigenvalue weighted by Crippen LogP contribution is 2.15. The van der Waals surface area contributed by atoms with Crippen LogP contribution in [0.1, 0.15) is 44.8 Å². The van der Waals surface area contributed by atoms with E-state index in [1.807, 2.05) is 13.8 Å². The van der Waals surface area contributed by atoms with Gasteiger partial charge in [0.05, 0.1) is 18.4 Å². The molecule has 8 nitrogen and oxygen atoms in total. The van der Waals surface area contributed by atoms with Gasteiger partial charge in [-0.1, -0.05) is 6.92 Å². The van der Waals surface area contributed by atoms with Gasteiger partial charge in [0.1, 0.15) is 0 Å². The zero-order valence-electron chi connectivity index (χ0n) is 16.1. The molecule has 1 saturated heterocycles. The van der Waals surface area contributed by atoms with Crippen LogP contribution < -0.4 is 10.6 Å². The number of aliphatic imine (C=N–C) groups is 1. The third-order valence-corrected chi connectivity index (χ3v) is 6.58. The number of sulfonamides is 1. The second-order valence-corrected chi connectivity index (χ2v) is 8.74. The molecule has 2 heterocycles. The molecule has 1 fully saturated rings. The second-order valence-electron chi connectivity index (χ2n) is 6.65. The molecule has 0 aromatic carbocycles. The van der Waals surface area contributed by atoms with Gasteiger partial charge in [-0.25, -0.2) is 12.7 Å². The molecular formula is C18H31N5O3S. The van der Waals surface area contributed by atoms with E-state index in [1.54, 1.807) is 28.8 Å². The van der Waals surface area contributed by atoms with E-state index in [9.17, 15) is 13.5 Å². The first-order valence-corrected chi connectivity index (χ1v) is 11.2. The first-order valence-electron chi connectivity index (χ1n) is 9.57. The van der Waals surface area contributed by atoms with Crippen molar-refractivity contribution in [3.8, 4) is 0 Å². The van der Waals surface area contributed by atoms with Crippen LogP contribution >= 0.6 is 0 Å². The van der Waals surface area contributed by atoms with Crippen molar-refractivity contribution in [2.45, 2.75) is 45.3 Å². The second kappa shape index (κ2) is 10.6. The van der Waals surface area contributed by atoms with Crippen molar-refractivity contribution < 1.29 is 13.5 Å². The summed E-state index contributed by atoms with van der Waals surface area (Å²) in [6, 6.07) is 3.70. The van der Waals surface area contributed by atoms with Crippen molar-refractivity contribution in [1.82, 2.24) is 19.9 Å². The monoisotopic (exact) mass is 397 g/mol. The predicted octanol–water partition coefficient (Wildman–Crippen LogP) is 0.874. The molecule has 0 saturated carbocycles. The van der Waals surface area contributed by atoms with Gasteiger partial charge >= 0.3 is 0 Å². The molecule has 1 atom stereocenters. The summed E-state index contributed by atoms with van der Waals surface area (Å²) < 4.78 is 25.9. The van der Waals surface area contributed by atoms with E-state index in [4.69, 9.17) is 0 Å². The van der Waals surface area contributed by atoms with E-state index >= 15 is 0 Å². The molecule has 2 rings (SSSR count). The van der Waals surface area contributed by atoms with Gasteiger partial charge in [0.25, 0.3) is 0 Å². The highest BCUT2D eigenvalue weighted by Gasteiger charge is 2.27. The number of guanidine groups is 1. The van der Waals surface area contributed by atoms with E-state index in [-0.39, 0.29) is 18.3 Å². The molecule has 0 bridgehead atoms. The summed E-state index contributed by atoms with van der Waals surface area (Å²) in [4.78, 5) is 8.42. The molecule has 1 aromatic rings. The van der Waals surface area contributed by atoms with Crippen LogP contribution in [0.5, 0.6) is 0 Å². The SMILES string of the molecule is CCCS(=O)(=O)N1CCC(NC(=NCC(O)c2ccncc2)NCC)CC1. The standard InChI is InChI=1S/C18H31N5O3S/c1-3-13-27(25,26)23-11-7-16(8-12-23)22-18(20-4-2)21-14-17(24)15-5-9-19-10-6-15/h5-6,9-10,16-17,24H,3-4,7-8,11-14H2,1-2H3,(H2,20,21,22). The molecular weight excluding hydrogens is 366 g/mol. The molecule has 0 aliphatic carbocycles. The van der Waals surface area contributed by atoms with Gasteiger partial charge in [0, 0.05) is 38.1 Å². The Morgan fingerprint density at radius 2 is 2.00 bits per heavy atom. The summed E-state index contributed by atoms with van der Waals surface area (Å²) in [5.74, 6) is 0.850. The number of rotatable bonds is 8. The lowest BCUT2D eigenvalue weighted by atomic mass is 10.1. The number of hydrogen-bond donors (Lipinski definition) is 3. The predicted molar refractivity (Wildman–Crippen MR) is 107 cm³/mol. The molecule has 9 heteroatoms. The molecule has 0 amide bonds. The van der Waals surface area contributed by atoms with E-state index in [0.29, 0.717) is 32.0 Å². The lowest BCUT2D eigenvalue weighted by molar-refractivity contribution is 0.187. The third-order valence-electron chi connectivity index (χ3n) is 4.51.